The summed E-state index contributed by atoms with van der Waals surface area (Å²) in [4.78, 5) is 0. The molecule has 0 saturated heterocycles. The van der Waals surface area contributed by atoms with E-state index >= 15 is 0 Å². The lowest BCUT2D eigenvalue weighted by Gasteiger charge is -2.16. The van der Waals surface area contributed by atoms with Gasteiger partial charge in [-0.1, -0.05) is 72.8 Å². The summed E-state index contributed by atoms with van der Waals surface area (Å²) in [5.74, 6) is 0.0987. The maximum absolute atomic E-state index is 7.88. The highest BCUT2D eigenvalue weighted by molar-refractivity contribution is 6.04. The molecule has 0 aliphatic rings. The Morgan fingerprint density at radius 2 is 1.41 bits per heavy atom. The largest absolute Gasteiger partial charge is 0.384 e. The maximum atomic E-state index is 7.88. The van der Waals surface area contributed by atoms with E-state index in [4.69, 9.17) is 11.1 Å². The second kappa shape index (κ2) is 5.86. The molecular weight excluding hydrogens is 268 g/mol. The van der Waals surface area contributed by atoms with E-state index in [1.807, 2.05) is 42.5 Å². The smallest absolute Gasteiger partial charge is 0.123 e. The van der Waals surface area contributed by atoms with Crippen LogP contribution < -0.4 is 5.73 Å². The van der Waals surface area contributed by atoms with Crippen LogP contribution >= 0.6 is 0 Å². The van der Waals surface area contributed by atoms with Gasteiger partial charge < -0.3 is 5.73 Å². The van der Waals surface area contributed by atoms with E-state index < -0.39 is 0 Å². The van der Waals surface area contributed by atoms with Crippen LogP contribution in [0.4, 0.5) is 0 Å². The average Bonchev–Trinajstić information content (AvgIpc) is 2.55. The Balaban J connectivity index is 2.30. The Bertz CT molecular complexity index is 820. The fourth-order valence-corrected chi connectivity index (χ4v) is 2.82. The van der Waals surface area contributed by atoms with Crippen LogP contribution in [0.15, 0.2) is 72.8 Å². The van der Waals surface area contributed by atoms with Crippen molar-refractivity contribution in [2.75, 3.05) is 0 Å². The molecule has 22 heavy (non-hydrogen) atoms. The molecule has 3 N–H and O–H groups in total. The minimum atomic E-state index is 0.0987. The predicted octanol–water partition coefficient (Wildman–Crippen LogP) is 4.61. The number of rotatable bonds is 3. The van der Waals surface area contributed by atoms with Gasteiger partial charge in [-0.05, 0) is 34.7 Å². The number of nitrogen functional groups attached to an aromatic ring is 1. The van der Waals surface area contributed by atoms with Crippen LogP contribution in [0.3, 0.4) is 0 Å². The van der Waals surface area contributed by atoms with E-state index in [9.17, 15) is 0 Å². The van der Waals surface area contributed by atoms with Gasteiger partial charge in [-0.3, -0.25) is 5.41 Å². The van der Waals surface area contributed by atoms with E-state index in [1.54, 1.807) is 0 Å². The Labute approximate surface area is 130 Å². The van der Waals surface area contributed by atoms with Gasteiger partial charge in [-0.2, -0.15) is 0 Å². The molecule has 0 atom stereocenters. The van der Waals surface area contributed by atoms with E-state index in [-0.39, 0.29) is 5.84 Å². The van der Waals surface area contributed by atoms with Crippen LogP contribution in [0.1, 0.15) is 11.1 Å². The van der Waals surface area contributed by atoms with Crippen LogP contribution in [0.2, 0.25) is 0 Å². The second-order valence-corrected chi connectivity index (χ2v) is 5.32. The second-order valence-electron chi connectivity index (χ2n) is 5.32. The van der Waals surface area contributed by atoms with Crippen LogP contribution in [0, 0.1) is 12.3 Å². The number of hydrogen-bond donors (Lipinski definition) is 2. The van der Waals surface area contributed by atoms with Gasteiger partial charge in [0, 0.05) is 5.56 Å². The van der Waals surface area contributed by atoms with Gasteiger partial charge >= 0.3 is 0 Å². The van der Waals surface area contributed by atoms with Gasteiger partial charge in [-0.25, -0.2) is 0 Å². The lowest BCUT2D eigenvalue weighted by Crippen LogP contribution is -2.13. The fraction of sp³-hybridized carbons (Fsp3) is 0.0500. The van der Waals surface area contributed by atoms with Crippen molar-refractivity contribution < 1.29 is 0 Å². The first-order valence-corrected chi connectivity index (χ1v) is 7.27. The summed E-state index contributed by atoms with van der Waals surface area (Å²) in [6, 6.07) is 24.5. The van der Waals surface area contributed by atoms with Gasteiger partial charge in [0.25, 0.3) is 0 Å². The summed E-state index contributed by atoms with van der Waals surface area (Å²) in [6.45, 7) is 2.06. The monoisotopic (exact) mass is 286 g/mol. The van der Waals surface area contributed by atoms with Crippen molar-refractivity contribution >= 4 is 5.84 Å². The highest BCUT2D eigenvalue weighted by Gasteiger charge is 2.14. The van der Waals surface area contributed by atoms with Crippen molar-refractivity contribution in [3.05, 3.63) is 83.9 Å². The van der Waals surface area contributed by atoms with Crippen molar-refractivity contribution in [2.45, 2.75) is 6.92 Å². The third-order valence-electron chi connectivity index (χ3n) is 3.84. The van der Waals surface area contributed by atoms with Crippen LogP contribution in [-0.2, 0) is 0 Å². The number of amidine groups is 1. The summed E-state index contributed by atoms with van der Waals surface area (Å²) in [7, 11) is 0. The first-order valence-electron chi connectivity index (χ1n) is 7.27. The third-order valence-corrected chi connectivity index (χ3v) is 3.84. The number of nitrogens with one attached hydrogen (secondary N) is 1. The Hall–Kier alpha value is -2.87. The third kappa shape index (κ3) is 2.51. The molecule has 2 heteroatoms. The molecule has 3 aromatic rings. The molecule has 0 bridgehead atoms. The quantitative estimate of drug-likeness (QED) is 0.536. The predicted molar refractivity (Wildman–Crippen MR) is 93.1 cm³/mol. The molecule has 0 fully saturated rings. The SMILES string of the molecule is Cc1cccc(C(=N)N)c1-c1ccccc1-c1ccccc1. The molecule has 0 aromatic heterocycles. The standard InChI is InChI=1S/C20H18N2/c1-14-8-7-13-18(20(21)22)19(14)17-12-6-5-11-16(17)15-9-3-2-4-10-15/h2-13H,1H3,(H3,21,22). The maximum Gasteiger partial charge on any atom is 0.123 e. The molecule has 3 rings (SSSR count). The Kier molecular flexibility index (Phi) is 3.75. The lowest BCUT2D eigenvalue weighted by molar-refractivity contribution is 1.38. The number of hydrogen-bond acceptors (Lipinski definition) is 1. The molecule has 0 radical (unpaired) electrons. The van der Waals surface area contributed by atoms with Crippen molar-refractivity contribution in [2.24, 2.45) is 5.73 Å². The molecule has 108 valence electrons. The summed E-state index contributed by atoms with van der Waals surface area (Å²) in [5.41, 5.74) is 12.2. The summed E-state index contributed by atoms with van der Waals surface area (Å²) in [5, 5.41) is 7.88. The minimum Gasteiger partial charge on any atom is -0.384 e. The number of benzene rings is 3. The van der Waals surface area contributed by atoms with Gasteiger partial charge in [-0.15, -0.1) is 0 Å². The van der Waals surface area contributed by atoms with E-state index in [0.717, 1.165) is 33.4 Å². The lowest BCUT2D eigenvalue weighted by atomic mass is 9.89. The molecule has 2 nitrogen and oxygen atoms in total. The zero-order valence-electron chi connectivity index (χ0n) is 12.5. The van der Waals surface area contributed by atoms with Gasteiger partial charge in [0.05, 0.1) is 0 Å². The normalized spacial score (nSPS) is 10.4. The highest BCUT2D eigenvalue weighted by atomic mass is 14.7. The van der Waals surface area contributed by atoms with Crippen LogP contribution in [0.5, 0.6) is 0 Å². The van der Waals surface area contributed by atoms with Gasteiger partial charge in [0.1, 0.15) is 5.84 Å². The van der Waals surface area contributed by atoms with Crippen molar-refractivity contribution in [1.82, 2.24) is 0 Å². The molecule has 0 saturated carbocycles. The first-order chi connectivity index (χ1) is 10.7. The van der Waals surface area contributed by atoms with Crippen molar-refractivity contribution in [3.8, 4) is 22.3 Å². The van der Waals surface area contributed by atoms with Crippen LogP contribution in [0.25, 0.3) is 22.3 Å². The average molecular weight is 286 g/mol. The van der Waals surface area contributed by atoms with E-state index in [1.165, 1.54) is 0 Å². The van der Waals surface area contributed by atoms with E-state index in [2.05, 4.69) is 37.3 Å². The van der Waals surface area contributed by atoms with Crippen molar-refractivity contribution in [1.29, 1.82) is 5.41 Å². The zero-order valence-corrected chi connectivity index (χ0v) is 12.5. The molecule has 3 aromatic carbocycles. The van der Waals surface area contributed by atoms with Gasteiger partial charge in [0.2, 0.25) is 0 Å². The van der Waals surface area contributed by atoms with Gasteiger partial charge in [0.15, 0.2) is 0 Å². The van der Waals surface area contributed by atoms with Crippen molar-refractivity contribution in [3.63, 3.8) is 0 Å². The molecule has 0 aliphatic carbocycles. The Morgan fingerprint density at radius 3 is 2.09 bits per heavy atom. The molecule has 0 aliphatic heterocycles. The number of nitrogens with two attached hydrogens (primary N) is 1. The minimum absolute atomic E-state index is 0.0987. The summed E-state index contributed by atoms with van der Waals surface area (Å²) in [6.07, 6.45) is 0. The summed E-state index contributed by atoms with van der Waals surface area (Å²) < 4.78 is 0. The fourth-order valence-electron chi connectivity index (χ4n) is 2.82. The first kappa shape index (κ1) is 14.1. The van der Waals surface area contributed by atoms with E-state index in [0.29, 0.717) is 0 Å². The molecule has 0 amide bonds. The Morgan fingerprint density at radius 1 is 0.773 bits per heavy atom. The highest BCUT2D eigenvalue weighted by Crippen LogP contribution is 2.35. The topological polar surface area (TPSA) is 49.9 Å². The zero-order chi connectivity index (χ0) is 15.5. The molecular formula is C20H18N2. The summed E-state index contributed by atoms with van der Waals surface area (Å²) >= 11 is 0. The molecule has 0 unspecified atom stereocenters. The number of aryl methyl sites for hydroxylation is 1. The molecule has 0 heterocycles. The van der Waals surface area contributed by atoms with Crippen LogP contribution in [-0.4, -0.2) is 5.84 Å². The molecule has 0 spiro atoms.